The zero-order valence-corrected chi connectivity index (χ0v) is 23.9. The first-order valence-corrected chi connectivity index (χ1v) is 14.4. The number of Topliss-reactive ketones (excluding diaryl/α,β-unsaturated/α-hetero) is 2. The first-order chi connectivity index (χ1) is 19.0. The van der Waals surface area contributed by atoms with Crippen molar-refractivity contribution in [2.24, 2.45) is 17.3 Å². The summed E-state index contributed by atoms with van der Waals surface area (Å²) in [6, 6.07) is 7.63. The summed E-state index contributed by atoms with van der Waals surface area (Å²) in [5.41, 5.74) is 3.16. The molecule has 2 fully saturated rings. The predicted molar refractivity (Wildman–Crippen MR) is 151 cm³/mol. The minimum Gasteiger partial charge on any atom is -0.454 e. The Hall–Kier alpha value is -3.26. The molecule has 8 heteroatoms. The number of allylic oxidation sites excluding steroid dienone is 4. The summed E-state index contributed by atoms with van der Waals surface area (Å²) in [6.07, 6.45) is 6.18. The molecule has 0 unspecified atom stereocenters. The van der Waals surface area contributed by atoms with Gasteiger partial charge in [-0.3, -0.25) is 19.2 Å². The van der Waals surface area contributed by atoms with E-state index < -0.39 is 35.3 Å². The number of rotatable bonds is 7. The van der Waals surface area contributed by atoms with Crippen LogP contribution in [0.1, 0.15) is 87.6 Å². The first kappa shape index (κ1) is 28.3. The van der Waals surface area contributed by atoms with E-state index in [9.17, 15) is 24.0 Å². The third kappa shape index (κ3) is 4.60. The van der Waals surface area contributed by atoms with Crippen LogP contribution < -0.4 is 0 Å². The minimum atomic E-state index is -1.45. The molecule has 210 valence electrons. The summed E-state index contributed by atoms with van der Waals surface area (Å²) in [4.78, 5) is 62.4. The monoisotopic (exact) mass is 562 g/mol. The Morgan fingerprint density at radius 3 is 2.42 bits per heavy atom. The van der Waals surface area contributed by atoms with E-state index in [4.69, 9.17) is 9.47 Å². The number of esters is 2. The molecule has 5 atom stereocenters. The van der Waals surface area contributed by atoms with E-state index >= 15 is 0 Å². The molecule has 40 heavy (non-hydrogen) atoms. The van der Waals surface area contributed by atoms with Crippen molar-refractivity contribution in [3.8, 4) is 0 Å². The van der Waals surface area contributed by atoms with Crippen LogP contribution in [0, 0.1) is 17.3 Å². The SMILES string of the molecule is CC(=O)O[C@]1(C(=O)COC(=O)C=S)CC[C@H]2[C@@H]3CCC4=CC(=O)CCC4=C3[C@@H](c3ccc(C(C)=O)cc3)C[C@@]21C. The Morgan fingerprint density at radius 2 is 1.77 bits per heavy atom. The standard InChI is InChI=1S/C32H34O7S/c1-18(33)20-4-6-21(7-5-20)26-15-31(3)27(25-10-8-22-14-23(35)9-11-24(22)30(25)26)12-13-32(31,39-19(2)34)28(36)16-38-29(37)17-40/h4-7,14,17,25-27H,8-13,15-16H2,1-3H3/t25-,26+,27-,31-,32-/m0/s1. The van der Waals surface area contributed by atoms with E-state index in [0.717, 1.165) is 29.3 Å². The lowest BCUT2D eigenvalue weighted by molar-refractivity contribution is -0.186. The van der Waals surface area contributed by atoms with Crippen LogP contribution in [0.2, 0.25) is 0 Å². The molecule has 4 aliphatic carbocycles. The van der Waals surface area contributed by atoms with Crippen molar-refractivity contribution in [1.29, 1.82) is 0 Å². The Balaban J connectivity index is 1.65. The van der Waals surface area contributed by atoms with E-state index in [0.29, 0.717) is 37.7 Å². The predicted octanol–water partition coefficient (Wildman–Crippen LogP) is 5.20. The van der Waals surface area contributed by atoms with E-state index in [2.05, 4.69) is 12.2 Å². The highest BCUT2D eigenvalue weighted by Crippen LogP contribution is 2.67. The average Bonchev–Trinajstić information content (AvgIpc) is 3.22. The van der Waals surface area contributed by atoms with Gasteiger partial charge in [0.05, 0.1) is 5.37 Å². The molecular formula is C32H34O7S. The van der Waals surface area contributed by atoms with E-state index in [1.807, 2.05) is 31.2 Å². The zero-order chi connectivity index (χ0) is 28.8. The lowest BCUT2D eigenvalue weighted by atomic mass is 9.50. The zero-order valence-electron chi connectivity index (χ0n) is 23.1. The van der Waals surface area contributed by atoms with Crippen LogP contribution in [0.25, 0.3) is 0 Å². The van der Waals surface area contributed by atoms with Crippen LogP contribution in [0.4, 0.5) is 0 Å². The molecule has 0 radical (unpaired) electrons. The number of thiocarbonyl (C=S) groups is 1. The fourth-order valence-corrected chi connectivity index (χ4v) is 8.18. The fourth-order valence-electron chi connectivity index (χ4n) is 8.11. The highest BCUT2D eigenvalue weighted by atomic mass is 32.1. The van der Waals surface area contributed by atoms with Crippen LogP contribution in [0.3, 0.4) is 0 Å². The molecule has 0 aromatic heterocycles. The molecule has 0 bridgehead atoms. The number of carbonyl (C=O) groups excluding carboxylic acids is 5. The lowest BCUT2D eigenvalue weighted by Crippen LogP contribution is -2.58. The molecule has 7 nitrogen and oxygen atoms in total. The molecule has 0 N–H and O–H groups in total. The van der Waals surface area contributed by atoms with Crippen LogP contribution in [0.5, 0.6) is 0 Å². The number of ketones is 3. The van der Waals surface area contributed by atoms with Gasteiger partial charge in [0.15, 0.2) is 23.8 Å². The normalized spacial score (nSPS) is 30.8. The highest BCUT2D eigenvalue weighted by Gasteiger charge is 2.68. The van der Waals surface area contributed by atoms with Gasteiger partial charge in [-0.05, 0) is 80.1 Å². The maximum absolute atomic E-state index is 13.9. The Bertz CT molecular complexity index is 1370. The van der Waals surface area contributed by atoms with Crippen molar-refractivity contribution in [2.75, 3.05) is 6.61 Å². The summed E-state index contributed by atoms with van der Waals surface area (Å²) < 4.78 is 11.1. The van der Waals surface area contributed by atoms with Crippen LogP contribution >= 0.6 is 12.2 Å². The van der Waals surface area contributed by atoms with Gasteiger partial charge in [0.1, 0.15) is 0 Å². The van der Waals surface area contributed by atoms with Gasteiger partial charge < -0.3 is 9.47 Å². The minimum absolute atomic E-state index is 0.0167. The van der Waals surface area contributed by atoms with Gasteiger partial charge in [-0.1, -0.05) is 49.0 Å². The maximum atomic E-state index is 13.9. The summed E-state index contributed by atoms with van der Waals surface area (Å²) in [5.74, 6) is -1.51. The molecule has 0 aliphatic heterocycles. The maximum Gasteiger partial charge on any atom is 0.342 e. The molecule has 0 amide bonds. The van der Waals surface area contributed by atoms with Gasteiger partial charge in [-0.25, -0.2) is 4.79 Å². The summed E-state index contributed by atoms with van der Waals surface area (Å²) in [5, 5.41) is 0.840. The van der Waals surface area contributed by atoms with Gasteiger partial charge in [0, 0.05) is 30.2 Å². The van der Waals surface area contributed by atoms with Crippen LogP contribution in [-0.4, -0.2) is 46.9 Å². The largest absolute Gasteiger partial charge is 0.454 e. The first-order valence-electron chi connectivity index (χ1n) is 13.9. The van der Waals surface area contributed by atoms with Crippen molar-refractivity contribution in [3.63, 3.8) is 0 Å². The summed E-state index contributed by atoms with van der Waals surface area (Å²) >= 11 is 4.64. The molecular weight excluding hydrogens is 528 g/mol. The Morgan fingerprint density at radius 1 is 1.05 bits per heavy atom. The third-order valence-corrected chi connectivity index (χ3v) is 9.98. The molecule has 1 aromatic rings. The van der Waals surface area contributed by atoms with Gasteiger partial charge in [-0.2, -0.15) is 0 Å². The molecule has 0 saturated heterocycles. The smallest absolute Gasteiger partial charge is 0.342 e. The topological polar surface area (TPSA) is 104 Å². The van der Waals surface area contributed by atoms with Crippen molar-refractivity contribution < 1.29 is 33.4 Å². The van der Waals surface area contributed by atoms with E-state index in [-0.39, 0.29) is 29.3 Å². The van der Waals surface area contributed by atoms with Crippen LogP contribution in [0.15, 0.2) is 47.1 Å². The summed E-state index contributed by atoms with van der Waals surface area (Å²) in [7, 11) is 0. The van der Waals surface area contributed by atoms with Gasteiger partial charge in [0.25, 0.3) is 0 Å². The number of carbonyl (C=O) groups is 5. The van der Waals surface area contributed by atoms with E-state index in [1.165, 1.54) is 25.0 Å². The Labute approximate surface area is 239 Å². The van der Waals surface area contributed by atoms with Gasteiger partial charge in [-0.15, -0.1) is 0 Å². The molecule has 0 spiro atoms. The van der Waals surface area contributed by atoms with Crippen molar-refractivity contribution >= 4 is 46.9 Å². The highest BCUT2D eigenvalue weighted by molar-refractivity contribution is 7.80. The number of ether oxygens (including phenoxy) is 2. The van der Waals surface area contributed by atoms with Crippen molar-refractivity contribution in [3.05, 3.63) is 58.2 Å². The second-order valence-corrected chi connectivity index (χ2v) is 12.0. The summed E-state index contributed by atoms with van der Waals surface area (Å²) in [6.45, 7) is 4.36. The number of fused-ring (bicyclic) bond motifs is 4. The average molecular weight is 563 g/mol. The molecule has 1 aromatic carbocycles. The second kappa shape index (κ2) is 10.6. The van der Waals surface area contributed by atoms with Gasteiger partial charge >= 0.3 is 11.9 Å². The molecule has 2 saturated carbocycles. The lowest BCUT2D eigenvalue weighted by Gasteiger charge is -2.55. The quantitative estimate of drug-likeness (QED) is 0.254. The van der Waals surface area contributed by atoms with Crippen molar-refractivity contribution in [2.45, 2.75) is 77.2 Å². The van der Waals surface area contributed by atoms with Crippen molar-refractivity contribution in [1.82, 2.24) is 0 Å². The van der Waals surface area contributed by atoms with Crippen LogP contribution in [-0.2, 0) is 28.7 Å². The fraction of sp³-hybridized carbons (Fsp3) is 0.500. The second-order valence-electron chi connectivity index (χ2n) is 11.8. The molecule has 4 aliphatic rings. The van der Waals surface area contributed by atoms with E-state index in [1.54, 1.807) is 6.08 Å². The number of hydrogen-bond acceptors (Lipinski definition) is 8. The molecule has 0 heterocycles. The Kier molecular flexibility index (Phi) is 7.50. The number of benzene rings is 1. The number of hydrogen-bond donors (Lipinski definition) is 0. The van der Waals surface area contributed by atoms with Gasteiger partial charge in [0.2, 0.25) is 5.78 Å². The molecule has 5 rings (SSSR count). The third-order valence-electron chi connectivity index (χ3n) is 9.78.